The average molecular weight is 274 g/mol. The number of thioether (sulfide) groups is 1. The van der Waals surface area contributed by atoms with Gasteiger partial charge in [0.15, 0.2) is 0 Å². The van der Waals surface area contributed by atoms with Crippen molar-refractivity contribution in [3.63, 3.8) is 0 Å². The van der Waals surface area contributed by atoms with E-state index in [9.17, 15) is 14.7 Å². The smallest absolute Gasteiger partial charge is 0.327 e. The molecule has 0 spiro atoms. The largest absolute Gasteiger partial charge is 0.480 e. The van der Waals surface area contributed by atoms with Gasteiger partial charge in [-0.2, -0.15) is 0 Å². The van der Waals surface area contributed by atoms with E-state index in [2.05, 4.69) is 0 Å². The van der Waals surface area contributed by atoms with Gasteiger partial charge >= 0.3 is 12.0 Å². The molecule has 2 unspecified atom stereocenters. The molecule has 1 aliphatic heterocycles. The highest BCUT2D eigenvalue weighted by Crippen LogP contribution is 2.30. The van der Waals surface area contributed by atoms with E-state index in [1.807, 2.05) is 27.7 Å². The van der Waals surface area contributed by atoms with Crippen LogP contribution in [0.2, 0.25) is 0 Å². The average Bonchev–Trinajstić information content (AvgIpc) is 2.66. The van der Waals surface area contributed by atoms with Crippen LogP contribution in [0.3, 0.4) is 0 Å². The van der Waals surface area contributed by atoms with Gasteiger partial charge in [-0.25, -0.2) is 9.59 Å². The summed E-state index contributed by atoms with van der Waals surface area (Å²) in [5.41, 5.74) is 0. The van der Waals surface area contributed by atoms with Gasteiger partial charge in [0.05, 0.1) is 5.37 Å². The predicted molar refractivity (Wildman–Crippen MR) is 72.7 cm³/mol. The Bertz CT molecular complexity index is 322. The van der Waals surface area contributed by atoms with Gasteiger partial charge in [-0.15, -0.1) is 11.8 Å². The summed E-state index contributed by atoms with van der Waals surface area (Å²) < 4.78 is 0. The molecular formula is C12H22N2O3S. The first-order valence-electron chi connectivity index (χ1n) is 6.33. The van der Waals surface area contributed by atoms with Crippen molar-refractivity contribution in [3.05, 3.63) is 0 Å². The molecule has 1 aliphatic rings. The quantitative estimate of drug-likeness (QED) is 0.852. The molecule has 1 saturated heterocycles. The molecule has 104 valence electrons. The monoisotopic (exact) mass is 274 g/mol. The van der Waals surface area contributed by atoms with Gasteiger partial charge in [0.1, 0.15) is 6.04 Å². The Labute approximate surface area is 113 Å². The summed E-state index contributed by atoms with van der Waals surface area (Å²) in [4.78, 5) is 26.9. The summed E-state index contributed by atoms with van der Waals surface area (Å²) in [5.74, 6) is -0.444. The molecule has 0 aliphatic carbocycles. The van der Waals surface area contributed by atoms with Crippen molar-refractivity contribution in [1.29, 1.82) is 0 Å². The second-order valence-corrected chi connectivity index (χ2v) is 6.11. The van der Waals surface area contributed by atoms with Crippen molar-refractivity contribution >= 4 is 23.8 Å². The SMILES string of the molecule is CCCN(C(=O)N1C(C)SCC1C(=O)O)C(C)C. The second kappa shape index (κ2) is 6.31. The van der Waals surface area contributed by atoms with Gasteiger partial charge in [0, 0.05) is 18.3 Å². The molecule has 0 bridgehead atoms. The molecule has 0 aromatic heterocycles. The zero-order valence-electron chi connectivity index (χ0n) is 11.4. The fraction of sp³-hybridized carbons (Fsp3) is 0.833. The van der Waals surface area contributed by atoms with E-state index in [-0.39, 0.29) is 17.4 Å². The number of rotatable bonds is 4. The molecule has 18 heavy (non-hydrogen) atoms. The zero-order valence-corrected chi connectivity index (χ0v) is 12.2. The Balaban J connectivity index is 2.88. The molecule has 1 fully saturated rings. The lowest BCUT2D eigenvalue weighted by molar-refractivity contribution is -0.141. The van der Waals surface area contributed by atoms with Crippen molar-refractivity contribution in [3.8, 4) is 0 Å². The number of nitrogens with zero attached hydrogens (tertiary/aromatic N) is 2. The third kappa shape index (κ3) is 3.10. The Kier molecular flexibility index (Phi) is 5.31. The van der Waals surface area contributed by atoms with Crippen LogP contribution in [0.4, 0.5) is 4.79 Å². The third-order valence-electron chi connectivity index (χ3n) is 3.06. The van der Waals surface area contributed by atoms with Crippen LogP contribution in [0, 0.1) is 0 Å². The second-order valence-electron chi connectivity index (χ2n) is 4.76. The van der Waals surface area contributed by atoms with E-state index in [1.54, 1.807) is 4.90 Å². The standard InChI is InChI=1S/C12H22N2O3S/c1-5-6-13(8(2)3)12(17)14-9(4)18-7-10(14)11(15)16/h8-10H,5-7H2,1-4H3,(H,15,16). The first-order chi connectivity index (χ1) is 8.40. The maximum atomic E-state index is 12.5. The van der Waals surface area contributed by atoms with Crippen LogP contribution in [0.25, 0.3) is 0 Å². The lowest BCUT2D eigenvalue weighted by Gasteiger charge is -2.34. The fourth-order valence-electron chi connectivity index (χ4n) is 2.09. The molecule has 0 aromatic rings. The molecule has 2 atom stereocenters. The molecule has 1 heterocycles. The number of carbonyl (C=O) groups excluding carboxylic acids is 1. The highest BCUT2D eigenvalue weighted by molar-refractivity contribution is 8.00. The first kappa shape index (κ1) is 15.1. The van der Waals surface area contributed by atoms with Gasteiger partial charge in [-0.05, 0) is 27.2 Å². The van der Waals surface area contributed by atoms with Gasteiger partial charge in [-0.3, -0.25) is 4.90 Å². The molecule has 0 saturated carbocycles. The van der Waals surface area contributed by atoms with E-state index in [1.165, 1.54) is 16.7 Å². The summed E-state index contributed by atoms with van der Waals surface area (Å²) >= 11 is 1.51. The summed E-state index contributed by atoms with van der Waals surface area (Å²) in [6.45, 7) is 8.47. The fourth-order valence-corrected chi connectivity index (χ4v) is 3.25. The third-order valence-corrected chi connectivity index (χ3v) is 4.28. The minimum Gasteiger partial charge on any atom is -0.480 e. The lowest BCUT2D eigenvalue weighted by atomic mass is 10.2. The Morgan fingerprint density at radius 3 is 2.56 bits per heavy atom. The number of urea groups is 1. The molecular weight excluding hydrogens is 252 g/mol. The van der Waals surface area contributed by atoms with Crippen LogP contribution in [-0.2, 0) is 4.79 Å². The van der Waals surface area contributed by atoms with Crippen LogP contribution in [0.1, 0.15) is 34.1 Å². The van der Waals surface area contributed by atoms with Crippen LogP contribution in [-0.4, -0.2) is 56.7 Å². The van der Waals surface area contributed by atoms with Crippen molar-refractivity contribution in [2.45, 2.75) is 51.6 Å². The van der Waals surface area contributed by atoms with E-state index >= 15 is 0 Å². The summed E-state index contributed by atoms with van der Waals surface area (Å²) in [7, 11) is 0. The molecule has 2 amide bonds. The number of hydrogen-bond acceptors (Lipinski definition) is 3. The number of carbonyl (C=O) groups is 2. The van der Waals surface area contributed by atoms with E-state index in [0.717, 1.165) is 6.42 Å². The van der Waals surface area contributed by atoms with Crippen LogP contribution < -0.4 is 0 Å². The highest BCUT2D eigenvalue weighted by atomic mass is 32.2. The summed E-state index contributed by atoms with van der Waals surface area (Å²) in [6.07, 6.45) is 0.872. The predicted octanol–water partition coefficient (Wildman–Crippen LogP) is 2.07. The minimum atomic E-state index is -0.916. The molecule has 6 heteroatoms. The molecule has 0 radical (unpaired) electrons. The topological polar surface area (TPSA) is 60.9 Å². The van der Waals surface area contributed by atoms with Crippen molar-refractivity contribution in [2.24, 2.45) is 0 Å². The molecule has 1 N–H and O–H groups in total. The van der Waals surface area contributed by atoms with Crippen LogP contribution in [0.5, 0.6) is 0 Å². The minimum absolute atomic E-state index is 0.0725. The van der Waals surface area contributed by atoms with Gasteiger partial charge < -0.3 is 10.0 Å². The number of carboxylic acid groups (broad SMARTS) is 1. The Hall–Kier alpha value is -0.910. The Morgan fingerprint density at radius 2 is 2.11 bits per heavy atom. The highest BCUT2D eigenvalue weighted by Gasteiger charge is 2.41. The van der Waals surface area contributed by atoms with Crippen molar-refractivity contribution in [1.82, 2.24) is 9.80 Å². The summed E-state index contributed by atoms with van der Waals surface area (Å²) in [5, 5.41) is 9.10. The van der Waals surface area contributed by atoms with Crippen LogP contribution >= 0.6 is 11.8 Å². The first-order valence-corrected chi connectivity index (χ1v) is 7.38. The summed E-state index contributed by atoms with van der Waals surface area (Å²) in [6, 6.07) is -0.767. The van der Waals surface area contributed by atoms with Crippen molar-refractivity contribution in [2.75, 3.05) is 12.3 Å². The molecule has 1 rings (SSSR count). The van der Waals surface area contributed by atoms with Crippen molar-refractivity contribution < 1.29 is 14.7 Å². The van der Waals surface area contributed by atoms with Gasteiger partial charge in [0.25, 0.3) is 0 Å². The van der Waals surface area contributed by atoms with E-state index < -0.39 is 12.0 Å². The number of hydrogen-bond donors (Lipinski definition) is 1. The molecule has 5 nitrogen and oxygen atoms in total. The number of amides is 2. The van der Waals surface area contributed by atoms with Gasteiger partial charge in [0.2, 0.25) is 0 Å². The maximum Gasteiger partial charge on any atom is 0.327 e. The Morgan fingerprint density at radius 1 is 1.50 bits per heavy atom. The number of carboxylic acids is 1. The van der Waals surface area contributed by atoms with Gasteiger partial charge in [-0.1, -0.05) is 6.92 Å². The number of aliphatic carboxylic acids is 1. The zero-order chi connectivity index (χ0) is 13.9. The lowest BCUT2D eigenvalue weighted by Crippen LogP contribution is -2.53. The maximum absolute atomic E-state index is 12.5. The van der Waals surface area contributed by atoms with Crippen LogP contribution in [0.15, 0.2) is 0 Å². The van der Waals surface area contributed by atoms with E-state index in [4.69, 9.17) is 0 Å². The van der Waals surface area contributed by atoms with E-state index in [0.29, 0.717) is 12.3 Å². The molecule has 0 aromatic carbocycles. The normalized spacial score (nSPS) is 23.5.